The zero-order valence-electron chi connectivity index (χ0n) is 17.9. The van der Waals surface area contributed by atoms with Gasteiger partial charge in [0.05, 0.1) is 24.6 Å². The molecule has 1 saturated heterocycles. The second-order valence-electron chi connectivity index (χ2n) is 7.57. The second kappa shape index (κ2) is 11.9. The summed E-state index contributed by atoms with van der Waals surface area (Å²) < 4.78 is 30.6. The Labute approximate surface area is 191 Å². The van der Waals surface area contributed by atoms with Crippen molar-refractivity contribution < 1.29 is 57.9 Å². The number of isocyanates is 1. The molecule has 1 fully saturated rings. The molecule has 1 aromatic carbocycles. The van der Waals surface area contributed by atoms with Crippen LogP contribution in [0.15, 0.2) is 23.2 Å². The van der Waals surface area contributed by atoms with E-state index in [1.165, 1.54) is 6.08 Å². The van der Waals surface area contributed by atoms with Gasteiger partial charge in [0.25, 0.3) is 0 Å². The summed E-state index contributed by atoms with van der Waals surface area (Å²) in [5.74, 6) is -9.50. The summed E-state index contributed by atoms with van der Waals surface area (Å²) in [6, 6.07) is 3.11. The number of halogens is 1. The smallest absolute Gasteiger partial charge is 0.303 e. The lowest BCUT2D eigenvalue weighted by atomic mass is 9.71. The fourth-order valence-corrected chi connectivity index (χ4v) is 3.91. The molecular weight excluding hydrogens is 461 g/mol. The van der Waals surface area contributed by atoms with Crippen molar-refractivity contribution in [3.05, 3.63) is 24.0 Å². The van der Waals surface area contributed by atoms with Crippen LogP contribution in [0.25, 0.3) is 0 Å². The molecule has 0 radical (unpaired) electrons. The van der Waals surface area contributed by atoms with Gasteiger partial charge in [0, 0.05) is 31.2 Å². The van der Waals surface area contributed by atoms with E-state index in [4.69, 9.17) is 14.2 Å². The highest BCUT2D eigenvalue weighted by Gasteiger charge is 2.49. The largest absolute Gasteiger partial charge is 0.481 e. The number of aliphatic imine (C=N–C) groups is 1. The van der Waals surface area contributed by atoms with E-state index in [0.29, 0.717) is 0 Å². The topological polar surface area (TPSA) is 186 Å². The van der Waals surface area contributed by atoms with Crippen LogP contribution in [-0.2, 0) is 33.4 Å². The Morgan fingerprint density at radius 3 is 2.18 bits per heavy atom. The maximum atomic E-state index is 14.4. The van der Waals surface area contributed by atoms with Gasteiger partial charge < -0.3 is 29.5 Å². The first-order valence-electron chi connectivity index (χ1n) is 10.00. The van der Waals surface area contributed by atoms with Crippen molar-refractivity contribution in [2.45, 2.75) is 38.6 Å². The molecule has 0 bridgehead atoms. The minimum atomic E-state index is -1.56. The lowest BCUT2D eigenvalue weighted by Gasteiger charge is -2.45. The van der Waals surface area contributed by atoms with Gasteiger partial charge in [0.15, 0.2) is 11.6 Å². The number of carboxylic acids is 3. The first kappa shape index (κ1) is 26.4. The maximum absolute atomic E-state index is 14.4. The van der Waals surface area contributed by atoms with Crippen molar-refractivity contribution in [1.82, 2.24) is 0 Å². The second-order valence-corrected chi connectivity index (χ2v) is 7.57. The fraction of sp³-hybridized carbons (Fsp3) is 0.476. The Bertz CT molecular complexity index is 991. The molecular formula is C21H22FNO11. The molecule has 2 rings (SSSR count). The molecule has 184 valence electrons. The van der Waals surface area contributed by atoms with Crippen molar-refractivity contribution in [2.75, 3.05) is 6.61 Å². The van der Waals surface area contributed by atoms with Crippen LogP contribution < -0.4 is 4.74 Å². The minimum Gasteiger partial charge on any atom is -0.481 e. The molecule has 0 spiro atoms. The van der Waals surface area contributed by atoms with Crippen LogP contribution >= 0.6 is 0 Å². The number of carbonyl (C=O) groups is 4. The summed E-state index contributed by atoms with van der Waals surface area (Å²) in [4.78, 5) is 59.8. The summed E-state index contributed by atoms with van der Waals surface area (Å²) in [6.45, 7) is 0.625. The van der Waals surface area contributed by atoms with Crippen LogP contribution in [0.1, 0.15) is 26.2 Å². The molecule has 1 aliphatic heterocycles. The Balaban J connectivity index is 2.52. The fourth-order valence-electron chi connectivity index (χ4n) is 3.91. The number of ether oxygens (including phenoxy) is 3. The number of esters is 1. The number of benzene rings is 1. The average Bonchev–Trinajstić information content (AvgIpc) is 2.72. The molecule has 1 aromatic rings. The van der Waals surface area contributed by atoms with Crippen LogP contribution in [0.5, 0.6) is 5.75 Å². The molecule has 0 saturated carbocycles. The van der Waals surface area contributed by atoms with Crippen LogP contribution in [0.3, 0.4) is 0 Å². The first-order valence-corrected chi connectivity index (χ1v) is 10.00. The summed E-state index contributed by atoms with van der Waals surface area (Å²) in [5.41, 5.74) is -0.0284. The van der Waals surface area contributed by atoms with Crippen molar-refractivity contribution in [1.29, 1.82) is 0 Å². The highest BCUT2D eigenvalue weighted by atomic mass is 19.1. The van der Waals surface area contributed by atoms with Gasteiger partial charge in [-0.25, -0.2) is 9.18 Å². The van der Waals surface area contributed by atoms with E-state index in [1.807, 2.05) is 0 Å². The van der Waals surface area contributed by atoms with Crippen LogP contribution in [0, 0.1) is 23.6 Å². The predicted molar refractivity (Wildman–Crippen MR) is 107 cm³/mol. The molecule has 0 aromatic heterocycles. The third kappa shape index (κ3) is 7.36. The quantitative estimate of drug-likeness (QED) is 0.236. The summed E-state index contributed by atoms with van der Waals surface area (Å²) in [6.07, 6.45) is -3.42. The molecule has 0 amide bonds. The monoisotopic (exact) mass is 483 g/mol. The molecule has 34 heavy (non-hydrogen) atoms. The van der Waals surface area contributed by atoms with E-state index < -0.39 is 91.5 Å². The van der Waals surface area contributed by atoms with Crippen LogP contribution in [-0.4, -0.2) is 64.3 Å². The maximum Gasteiger partial charge on any atom is 0.303 e. The SMILES string of the molecule is CC(=O)OC[C@@H]1O[C@@H](Oc2cc(N=C=O)ccc2F)[C@H](CC(=O)O)[C@@H](CC(=O)O)[C@@H]1CC(=O)O. The molecule has 5 atom stereocenters. The lowest BCUT2D eigenvalue weighted by molar-refractivity contribution is -0.237. The summed E-state index contributed by atoms with van der Waals surface area (Å²) in [5, 5.41) is 28.2. The van der Waals surface area contributed by atoms with Gasteiger partial charge in [0.2, 0.25) is 12.4 Å². The van der Waals surface area contributed by atoms with Gasteiger partial charge in [-0.2, -0.15) is 4.99 Å². The highest BCUT2D eigenvalue weighted by molar-refractivity contribution is 5.70. The number of carbonyl (C=O) groups excluding carboxylic acids is 2. The van der Waals surface area contributed by atoms with E-state index in [9.17, 15) is 43.7 Å². The summed E-state index contributed by atoms with van der Waals surface area (Å²) >= 11 is 0. The zero-order valence-corrected chi connectivity index (χ0v) is 17.9. The Hall–Kier alpha value is -3.83. The van der Waals surface area contributed by atoms with Gasteiger partial charge in [-0.3, -0.25) is 19.2 Å². The van der Waals surface area contributed by atoms with Crippen molar-refractivity contribution >= 4 is 35.6 Å². The van der Waals surface area contributed by atoms with Gasteiger partial charge in [0.1, 0.15) is 6.61 Å². The molecule has 13 heteroatoms. The number of hydrogen-bond donors (Lipinski definition) is 3. The zero-order chi connectivity index (χ0) is 25.4. The van der Waals surface area contributed by atoms with E-state index in [0.717, 1.165) is 25.1 Å². The van der Waals surface area contributed by atoms with Crippen LogP contribution in [0.2, 0.25) is 0 Å². The van der Waals surface area contributed by atoms with Gasteiger partial charge in [-0.15, -0.1) is 0 Å². The molecule has 0 unspecified atom stereocenters. The molecule has 1 heterocycles. The Morgan fingerprint density at radius 2 is 1.62 bits per heavy atom. The van der Waals surface area contributed by atoms with E-state index >= 15 is 0 Å². The van der Waals surface area contributed by atoms with Crippen molar-refractivity contribution in [3.8, 4) is 5.75 Å². The van der Waals surface area contributed by atoms with Gasteiger partial charge >= 0.3 is 23.9 Å². The molecule has 12 nitrogen and oxygen atoms in total. The number of carboxylic acid groups (broad SMARTS) is 3. The predicted octanol–water partition coefficient (Wildman–Crippen LogP) is 1.73. The number of hydrogen-bond acceptors (Lipinski definition) is 9. The number of aliphatic carboxylic acids is 3. The van der Waals surface area contributed by atoms with Gasteiger partial charge in [-0.05, 0) is 18.1 Å². The third-order valence-corrected chi connectivity index (χ3v) is 5.25. The highest BCUT2D eigenvalue weighted by Crippen LogP contribution is 2.42. The summed E-state index contributed by atoms with van der Waals surface area (Å²) in [7, 11) is 0. The standard InChI is InChI=1S/C21H22FNO11/c1-10(25)32-8-17-13(6-19(28)29)12(5-18(26)27)14(7-20(30)31)21(34-17)33-16-4-11(23-9-24)2-3-15(16)22/h2-4,12-14,17,21H,5-8H2,1H3,(H,26,27)(H,28,29)(H,30,31)/t12-,13-,14+,17-,21+/m0/s1. The number of nitrogens with zero attached hydrogens (tertiary/aromatic N) is 1. The van der Waals surface area contributed by atoms with Crippen molar-refractivity contribution in [3.63, 3.8) is 0 Å². The molecule has 0 aliphatic carbocycles. The van der Waals surface area contributed by atoms with Crippen LogP contribution in [0.4, 0.5) is 10.1 Å². The first-order chi connectivity index (χ1) is 16.0. The number of rotatable bonds is 11. The molecule has 1 aliphatic rings. The van der Waals surface area contributed by atoms with E-state index in [-0.39, 0.29) is 5.69 Å². The Morgan fingerprint density at radius 1 is 1.03 bits per heavy atom. The minimum absolute atomic E-state index is 0.0284. The third-order valence-electron chi connectivity index (χ3n) is 5.25. The molecule has 3 N–H and O–H groups in total. The van der Waals surface area contributed by atoms with Crippen molar-refractivity contribution in [2.24, 2.45) is 22.7 Å². The van der Waals surface area contributed by atoms with E-state index in [1.54, 1.807) is 0 Å². The van der Waals surface area contributed by atoms with Gasteiger partial charge in [-0.1, -0.05) is 0 Å². The Kier molecular flexibility index (Phi) is 9.22. The normalized spacial score (nSPS) is 23.9. The van der Waals surface area contributed by atoms with E-state index in [2.05, 4.69) is 4.99 Å². The lowest BCUT2D eigenvalue weighted by Crippen LogP contribution is -2.53. The average molecular weight is 483 g/mol.